The van der Waals surface area contributed by atoms with E-state index in [4.69, 9.17) is 5.11 Å². The molecule has 0 aromatic heterocycles. The van der Waals surface area contributed by atoms with Crippen LogP contribution in [0.25, 0.3) is 0 Å². The van der Waals surface area contributed by atoms with Crippen LogP contribution in [0.5, 0.6) is 0 Å². The monoisotopic (exact) mass is 268 g/mol. The van der Waals surface area contributed by atoms with E-state index in [2.05, 4.69) is 17.1 Å². The zero-order valence-electron chi connectivity index (χ0n) is 12.3. The van der Waals surface area contributed by atoms with Gasteiger partial charge in [-0.25, -0.2) is 0 Å². The summed E-state index contributed by atoms with van der Waals surface area (Å²) >= 11 is 0. The molecule has 0 radical (unpaired) electrons. The summed E-state index contributed by atoms with van der Waals surface area (Å²) in [7, 11) is 0. The molecule has 2 fully saturated rings. The normalized spacial score (nSPS) is 35.7. The van der Waals surface area contributed by atoms with E-state index in [0.29, 0.717) is 18.0 Å². The van der Waals surface area contributed by atoms with Crippen LogP contribution < -0.4 is 5.32 Å². The van der Waals surface area contributed by atoms with Gasteiger partial charge in [0.25, 0.3) is 0 Å². The van der Waals surface area contributed by atoms with Crippen molar-refractivity contribution in [3.8, 4) is 0 Å². The predicted octanol–water partition coefficient (Wildman–Crippen LogP) is 1.38. The molecule has 0 bridgehead atoms. The van der Waals surface area contributed by atoms with Crippen molar-refractivity contribution >= 4 is 5.91 Å². The van der Waals surface area contributed by atoms with Crippen LogP contribution in [-0.2, 0) is 4.79 Å². The Morgan fingerprint density at radius 2 is 2.16 bits per heavy atom. The van der Waals surface area contributed by atoms with Crippen molar-refractivity contribution in [2.24, 2.45) is 11.8 Å². The minimum Gasteiger partial charge on any atom is -0.396 e. The molecule has 0 aromatic rings. The lowest BCUT2D eigenvalue weighted by atomic mass is 9.78. The second-order valence-corrected chi connectivity index (χ2v) is 6.44. The molecular formula is C15H28N2O2. The molecule has 1 saturated carbocycles. The highest BCUT2D eigenvalue weighted by molar-refractivity contribution is 5.73. The van der Waals surface area contributed by atoms with Crippen molar-refractivity contribution in [2.45, 2.75) is 58.0 Å². The van der Waals surface area contributed by atoms with Gasteiger partial charge in [0.15, 0.2) is 0 Å². The number of aliphatic hydroxyl groups excluding tert-OH is 1. The smallest absolute Gasteiger partial charge is 0.217 e. The largest absolute Gasteiger partial charge is 0.396 e. The zero-order valence-corrected chi connectivity index (χ0v) is 12.3. The topological polar surface area (TPSA) is 52.6 Å². The summed E-state index contributed by atoms with van der Waals surface area (Å²) in [5.41, 5.74) is 0. The van der Waals surface area contributed by atoms with E-state index < -0.39 is 0 Å². The highest BCUT2D eigenvalue weighted by Crippen LogP contribution is 2.35. The first-order chi connectivity index (χ1) is 9.10. The number of carbonyl (C=O) groups is 1. The van der Waals surface area contributed by atoms with E-state index in [-0.39, 0.29) is 12.5 Å². The first kappa shape index (κ1) is 14.8. The summed E-state index contributed by atoms with van der Waals surface area (Å²) in [6, 6.07) is 1.01. The minimum atomic E-state index is 0.0782. The third-order valence-corrected chi connectivity index (χ3v) is 4.79. The average Bonchev–Trinajstić information content (AvgIpc) is 2.33. The Morgan fingerprint density at radius 1 is 1.37 bits per heavy atom. The highest BCUT2D eigenvalue weighted by atomic mass is 16.2. The van der Waals surface area contributed by atoms with E-state index in [1.807, 2.05) is 0 Å². The number of piperidine rings is 1. The van der Waals surface area contributed by atoms with Gasteiger partial charge in [-0.15, -0.1) is 0 Å². The first-order valence-corrected chi connectivity index (χ1v) is 7.72. The van der Waals surface area contributed by atoms with Gasteiger partial charge in [-0.3, -0.25) is 9.69 Å². The molecule has 2 N–H and O–H groups in total. The van der Waals surface area contributed by atoms with Gasteiger partial charge in [-0.2, -0.15) is 0 Å². The number of nitrogens with one attached hydrogen (secondary N) is 1. The molecule has 4 atom stereocenters. The van der Waals surface area contributed by atoms with Crippen LogP contribution >= 0.6 is 0 Å². The molecule has 2 aliphatic rings. The molecule has 1 amide bonds. The molecule has 110 valence electrons. The van der Waals surface area contributed by atoms with Gasteiger partial charge >= 0.3 is 0 Å². The van der Waals surface area contributed by atoms with E-state index in [9.17, 15) is 4.79 Å². The number of carbonyl (C=O) groups excluding carboxylic acids is 1. The number of hydrogen-bond donors (Lipinski definition) is 2. The van der Waals surface area contributed by atoms with E-state index >= 15 is 0 Å². The molecule has 4 heteroatoms. The fourth-order valence-electron chi connectivity index (χ4n) is 3.68. The summed E-state index contributed by atoms with van der Waals surface area (Å²) in [6.07, 6.45) is 5.67. The highest BCUT2D eigenvalue weighted by Gasteiger charge is 2.37. The van der Waals surface area contributed by atoms with Gasteiger partial charge < -0.3 is 10.4 Å². The molecule has 1 heterocycles. The second kappa shape index (κ2) is 6.71. The summed E-state index contributed by atoms with van der Waals surface area (Å²) < 4.78 is 0. The zero-order chi connectivity index (χ0) is 13.8. The third-order valence-electron chi connectivity index (χ3n) is 4.79. The molecule has 2 rings (SSSR count). The molecule has 19 heavy (non-hydrogen) atoms. The summed E-state index contributed by atoms with van der Waals surface area (Å²) in [5.74, 6) is 1.49. The van der Waals surface area contributed by atoms with Gasteiger partial charge in [0.1, 0.15) is 0 Å². The number of rotatable bonds is 5. The molecule has 1 aliphatic carbocycles. The van der Waals surface area contributed by atoms with E-state index in [1.54, 1.807) is 6.92 Å². The van der Waals surface area contributed by atoms with Crippen LogP contribution in [0.2, 0.25) is 0 Å². The average molecular weight is 268 g/mol. The lowest BCUT2D eigenvalue weighted by Gasteiger charge is -2.48. The number of amides is 1. The Balaban J connectivity index is 1.92. The van der Waals surface area contributed by atoms with Gasteiger partial charge in [-0.1, -0.05) is 6.92 Å². The number of nitrogens with zero attached hydrogens (tertiary/aromatic N) is 1. The molecule has 1 aliphatic heterocycles. The lowest BCUT2D eigenvalue weighted by molar-refractivity contribution is -0.120. The Labute approximate surface area is 116 Å². The quantitative estimate of drug-likeness (QED) is 0.792. The molecule has 0 aromatic carbocycles. The molecule has 1 saturated heterocycles. The Kier molecular flexibility index (Phi) is 5.22. The Bertz CT molecular complexity index is 309. The minimum absolute atomic E-state index is 0.0782. The van der Waals surface area contributed by atoms with Gasteiger partial charge in [0.05, 0.1) is 0 Å². The number of likely N-dealkylation sites (tertiary alicyclic amines) is 1. The Morgan fingerprint density at radius 3 is 2.68 bits per heavy atom. The lowest BCUT2D eigenvalue weighted by Crippen LogP contribution is -2.57. The fourth-order valence-corrected chi connectivity index (χ4v) is 3.68. The van der Waals surface area contributed by atoms with E-state index in [1.165, 1.54) is 12.8 Å². The molecule has 4 nitrogen and oxygen atoms in total. The van der Waals surface area contributed by atoms with Crippen molar-refractivity contribution in [2.75, 3.05) is 19.7 Å². The Hall–Kier alpha value is -0.610. The molecule has 0 spiro atoms. The van der Waals surface area contributed by atoms with Crippen LogP contribution in [0.3, 0.4) is 0 Å². The fraction of sp³-hybridized carbons (Fsp3) is 0.933. The first-order valence-electron chi connectivity index (χ1n) is 7.72. The SMILES string of the molecule is CC(=O)NC1CC(CCCO)CN(C2CCC2C)C1. The summed E-state index contributed by atoms with van der Waals surface area (Å²) in [5, 5.41) is 12.1. The summed E-state index contributed by atoms with van der Waals surface area (Å²) in [4.78, 5) is 13.9. The van der Waals surface area contributed by atoms with Crippen LogP contribution in [0, 0.1) is 11.8 Å². The molecule has 4 unspecified atom stereocenters. The van der Waals surface area contributed by atoms with Gasteiger partial charge in [0, 0.05) is 38.7 Å². The van der Waals surface area contributed by atoms with Gasteiger partial charge in [-0.05, 0) is 43.9 Å². The maximum Gasteiger partial charge on any atom is 0.217 e. The van der Waals surface area contributed by atoms with Crippen molar-refractivity contribution in [1.29, 1.82) is 0 Å². The maximum absolute atomic E-state index is 11.3. The van der Waals surface area contributed by atoms with Crippen molar-refractivity contribution in [3.63, 3.8) is 0 Å². The van der Waals surface area contributed by atoms with Crippen LogP contribution in [-0.4, -0.2) is 47.7 Å². The van der Waals surface area contributed by atoms with Crippen molar-refractivity contribution < 1.29 is 9.90 Å². The standard InChI is InChI=1S/C15H28N2O2/c1-11-5-6-15(11)17-9-13(4-3-7-18)8-14(10-17)16-12(2)19/h11,13-15,18H,3-10H2,1-2H3,(H,16,19). The number of aliphatic hydroxyl groups is 1. The predicted molar refractivity (Wildman–Crippen MR) is 75.8 cm³/mol. The van der Waals surface area contributed by atoms with Crippen LogP contribution in [0.4, 0.5) is 0 Å². The van der Waals surface area contributed by atoms with Crippen molar-refractivity contribution in [1.82, 2.24) is 10.2 Å². The van der Waals surface area contributed by atoms with Crippen LogP contribution in [0.1, 0.15) is 46.0 Å². The second-order valence-electron chi connectivity index (χ2n) is 6.44. The van der Waals surface area contributed by atoms with Gasteiger partial charge in [0.2, 0.25) is 5.91 Å². The number of hydrogen-bond acceptors (Lipinski definition) is 3. The summed E-state index contributed by atoms with van der Waals surface area (Å²) in [6.45, 7) is 6.36. The van der Waals surface area contributed by atoms with Crippen LogP contribution in [0.15, 0.2) is 0 Å². The van der Waals surface area contributed by atoms with E-state index in [0.717, 1.165) is 38.3 Å². The van der Waals surface area contributed by atoms with Crippen molar-refractivity contribution in [3.05, 3.63) is 0 Å². The molecular weight excluding hydrogens is 240 g/mol. The third kappa shape index (κ3) is 3.93. The maximum atomic E-state index is 11.3.